The molecule has 2 saturated heterocycles. The van der Waals surface area contributed by atoms with Crippen molar-refractivity contribution in [2.75, 3.05) is 27.1 Å². The van der Waals surface area contributed by atoms with Crippen LogP contribution in [0.2, 0.25) is 0 Å². The Kier molecular flexibility index (Phi) is 14.3. The van der Waals surface area contributed by atoms with Crippen LogP contribution in [0.4, 0.5) is 0 Å². The molecule has 15 nitrogen and oxygen atoms in total. The summed E-state index contributed by atoms with van der Waals surface area (Å²) < 4.78 is 33.1. The van der Waals surface area contributed by atoms with Crippen molar-refractivity contribution in [3.05, 3.63) is 89.0 Å². The SMILES string of the molecule is CN(C(=O)C1=CC2OCOC2C(OC(=O)c2ccc(C=CC(=O)OC3C(=O)OCC3(C)C)cc2)C1)C(Cc1ccccc1)C(=O)NC(CO)CCC(=O)OC(C)(C)C. The molecule has 58 heavy (non-hydrogen) atoms. The van der Waals surface area contributed by atoms with Gasteiger partial charge in [0, 0.05) is 43.4 Å². The van der Waals surface area contributed by atoms with E-state index in [2.05, 4.69) is 5.32 Å². The minimum atomic E-state index is -1.02. The Balaban J connectivity index is 1.24. The van der Waals surface area contributed by atoms with Crippen LogP contribution in [0.1, 0.15) is 75.4 Å². The number of likely N-dealkylation sites (N-methyl/N-ethyl adjacent to an activating group) is 1. The molecule has 312 valence electrons. The summed E-state index contributed by atoms with van der Waals surface area (Å²) in [6.45, 7) is 8.42. The van der Waals surface area contributed by atoms with Crippen LogP contribution in [0, 0.1) is 5.41 Å². The molecule has 0 radical (unpaired) electrons. The Morgan fingerprint density at radius 2 is 1.72 bits per heavy atom. The second-order valence-corrected chi connectivity index (χ2v) is 16.2. The Hall–Kier alpha value is -5.38. The molecule has 2 fully saturated rings. The zero-order valence-electron chi connectivity index (χ0n) is 33.6. The molecule has 3 aliphatic rings. The zero-order chi connectivity index (χ0) is 42.2. The molecule has 0 saturated carbocycles. The summed E-state index contributed by atoms with van der Waals surface area (Å²) >= 11 is 0. The second kappa shape index (κ2) is 18.9. The number of aliphatic hydroxyl groups excluding tert-OH is 1. The van der Waals surface area contributed by atoms with E-state index in [0.29, 0.717) is 5.56 Å². The predicted octanol–water partition coefficient (Wildman–Crippen LogP) is 3.46. The lowest BCUT2D eigenvalue weighted by Gasteiger charge is -2.34. The lowest BCUT2D eigenvalue weighted by Crippen LogP contribution is -2.53. The van der Waals surface area contributed by atoms with Crippen LogP contribution in [0.25, 0.3) is 6.08 Å². The number of carbonyl (C=O) groups excluding carboxylic acids is 6. The van der Waals surface area contributed by atoms with Crippen LogP contribution >= 0.6 is 0 Å². The van der Waals surface area contributed by atoms with Crippen LogP contribution in [0.5, 0.6) is 0 Å². The molecule has 0 aromatic heterocycles. The number of rotatable bonds is 15. The van der Waals surface area contributed by atoms with Crippen LogP contribution < -0.4 is 5.32 Å². The topological polar surface area (TPSA) is 193 Å². The fraction of sp³-hybridized carbons (Fsp3) is 0.488. The zero-order valence-corrected chi connectivity index (χ0v) is 33.6. The molecule has 2 N–H and O–H groups in total. The molecule has 2 aromatic rings. The van der Waals surface area contributed by atoms with E-state index in [1.807, 2.05) is 30.3 Å². The van der Waals surface area contributed by atoms with Gasteiger partial charge in [0.15, 0.2) is 0 Å². The van der Waals surface area contributed by atoms with Gasteiger partial charge in [-0.05, 0) is 62.6 Å². The molecule has 2 heterocycles. The predicted molar refractivity (Wildman–Crippen MR) is 207 cm³/mol. The third-order valence-corrected chi connectivity index (χ3v) is 9.88. The van der Waals surface area contributed by atoms with Gasteiger partial charge in [0.25, 0.3) is 0 Å². The van der Waals surface area contributed by atoms with E-state index in [1.165, 1.54) is 36.2 Å². The van der Waals surface area contributed by atoms with E-state index in [4.69, 9.17) is 28.4 Å². The summed E-state index contributed by atoms with van der Waals surface area (Å²) in [5.74, 6) is -3.48. The van der Waals surface area contributed by atoms with Crippen molar-refractivity contribution in [1.82, 2.24) is 10.2 Å². The lowest BCUT2D eigenvalue weighted by molar-refractivity contribution is -0.159. The first-order chi connectivity index (χ1) is 27.4. The third kappa shape index (κ3) is 11.6. The number of esters is 4. The summed E-state index contributed by atoms with van der Waals surface area (Å²) in [7, 11) is 1.50. The summed E-state index contributed by atoms with van der Waals surface area (Å²) in [5, 5.41) is 12.9. The van der Waals surface area contributed by atoms with E-state index in [0.717, 1.165) is 5.56 Å². The first-order valence-electron chi connectivity index (χ1n) is 19.2. The molecule has 0 spiro atoms. The molecule has 5 rings (SSSR count). The number of hydrogen-bond acceptors (Lipinski definition) is 13. The van der Waals surface area contributed by atoms with Gasteiger partial charge in [-0.3, -0.25) is 14.4 Å². The van der Waals surface area contributed by atoms with Crippen LogP contribution in [-0.4, -0.2) is 115 Å². The highest BCUT2D eigenvalue weighted by atomic mass is 16.7. The van der Waals surface area contributed by atoms with Crippen LogP contribution in [0.3, 0.4) is 0 Å². The van der Waals surface area contributed by atoms with Gasteiger partial charge in [-0.25, -0.2) is 14.4 Å². The van der Waals surface area contributed by atoms with Gasteiger partial charge in [0.05, 0.1) is 18.2 Å². The minimum Gasteiger partial charge on any atom is -0.462 e. The number of hydrogen-bond donors (Lipinski definition) is 2. The van der Waals surface area contributed by atoms with Crippen molar-refractivity contribution in [3.63, 3.8) is 0 Å². The molecule has 2 aliphatic heterocycles. The summed E-state index contributed by atoms with van der Waals surface area (Å²) in [4.78, 5) is 79.5. The number of amides is 2. The van der Waals surface area contributed by atoms with Crippen molar-refractivity contribution in [2.24, 2.45) is 5.41 Å². The van der Waals surface area contributed by atoms with Gasteiger partial charge >= 0.3 is 23.9 Å². The van der Waals surface area contributed by atoms with E-state index >= 15 is 0 Å². The maximum atomic E-state index is 14.2. The largest absolute Gasteiger partial charge is 0.462 e. The monoisotopic (exact) mass is 804 g/mol. The summed E-state index contributed by atoms with van der Waals surface area (Å²) in [5.41, 5.74) is 0.494. The molecule has 2 amide bonds. The van der Waals surface area contributed by atoms with Gasteiger partial charge in [-0.15, -0.1) is 0 Å². The first-order valence-corrected chi connectivity index (χ1v) is 19.2. The standard InChI is InChI=1S/C43H52N2O13/c1-42(2,3)58-35(48)19-17-30(23-46)44-38(49)31(20-27-10-8-7-9-11-27)45(6)39(50)29-21-32-36(55-25-54-32)33(22-29)56-40(51)28-15-12-26(13-16-28)14-18-34(47)57-37-41(52)53-24-43(37,4)5/h7-16,18,21,30-33,36-37,46H,17,19-20,22-25H2,1-6H3,(H,44,49). The Labute approximate surface area is 337 Å². The maximum Gasteiger partial charge on any atom is 0.348 e. The van der Waals surface area contributed by atoms with Crippen molar-refractivity contribution >= 4 is 41.8 Å². The number of fused-ring (bicyclic) bond motifs is 1. The van der Waals surface area contributed by atoms with Gasteiger partial charge in [0.2, 0.25) is 17.9 Å². The Morgan fingerprint density at radius 1 is 1.02 bits per heavy atom. The minimum absolute atomic E-state index is 0.0253. The third-order valence-electron chi connectivity index (χ3n) is 9.88. The number of nitrogens with zero attached hydrogens (tertiary/aromatic N) is 1. The first kappa shape index (κ1) is 43.7. The molecule has 6 unspecified atom stereocenters. The molecule has 15 heteroatoms. The smallest absolute Gasteiger partial charge is 0.348 e. The Morgan fingerprint density at radius 3 is 2.36 bits per heavy atom. The average molecular weight is 805 g/mol. The quantitative estimate of drug-likeness (QED) is 0.151. The summed E-state index contributed by atoms with van der Waals surface area (Å²) in [6, 6.07) is 13.6. The molecule has 2 aromatic carbocycles. The maximum absolute atomic E-state index is 14.2. The molecule has 6 atom stereocenters. The van der Waals surface area contributed by atoms with Gasteiger partial charge < -0.3 is 43.7 Å². The van der Waals surface area contributed by atoms with E-state index in [9.17, 15) is 33.9 Å². The average Bonchev–Trinajstić information content (AvgIpc) is 3.77. The number of benzene rings is 2. The number of nitrogens with one attached hydrogen (secondary N) is 1. The number of ether oxygens (including phenoxy) is 6. The lowest BCUT2D eigenvalue weighted by atomic mass is 9.90. The van der Waals surface area contributed by atoms with Crippen molar-refractivity contribution in [1.29, 1.82) is 0 Å². The second-order valence-electron chi connectivity index (χ2n) is 16.2. The van der Waals surface area contributed by atoms with Gasteiger partial charge in [0.1, 0.15) is 43.4 Å². The fourth-order valence-electron chi connectivity index (χ4n) is 6.71. The summed E-state index contributed by atoms with van der Waals surface area (Å²) in [6.07, 6.45) is 1.21. The number of carbonyl (C=O) groups is 6. The Bertz CT molecular complexity index is 1880. The van der Waals surface area contributed by atoms with E-state index in [1.54, 1.807) is 52.8 Å². The van der Waals surface area contributed by atoms with Crippen molar-refractivity contribution in [2.45, 2.75) is 102 Å². The molecule has 0 bridgehead atoms. The molecular weight excluding hydrogens is 752 g/mol. The normalized spacial score (nSPS) is 22.2. The van der Waals surface area contributed by atoms with Crippen molar-refractivity contribution in [3.8, 4) is 0 Å². The van der Waals surface area contributed by atoms with Crippen LogP contribution in [0.15, 0.2) is 72.3 Å². The fourth-order valence-corrected chi connectivity index (χ4v) is 6.71. The van der Waals surface area contributed by atoms with Gasteiger partial charge in [-0.1, -0.05) is 56.3 Å². The molecular formula is C43H52N2O13. The number of aliphatic hydroxyl groups is 1. The highest BCUT2D eigenvalue weighted by molar-refractivity contribution is 5.97. The van der Waals surface area contributed by atoms with Crippen molar-refractivity contribution < 1.29 is 62.3 Å². The van der Waals surface area contributed by atoms with Crippen LogP contribution in [-0.2, 0) is 58.8 Å². The highest BCUT2D eigenvalue weighted by Crippen LogP contribution is 2.33. The van der Waals surface area contributed by atoms with E-state index in [-0.39, 0.29) is 50.2 Å². The van der Waals surface area contributed by atoms with Gasteiger partial charge in [-0.2, -0.15) is 0 Å². The van der Waals surface area contributed by atoms with E-state index < -0.39 is 89.8 Å². The molecule has 1 aliphatic carbocycles. The highest BCUT2D eigenvalue weighted by Gasteiger charge is 2.47. The number of cyclic esters (lactones) is 1.